The van der Waals surface area contributed by atoms with Crippen molar-refractivity contribution in [2.75, 3.05) is 20.3 Å². The van der Waals surface area contributed by atoms with Gasteiger partial charge in [0.1, 0.15) is 17.4 Å². The van der Waals surface area contributed by atoms with Gasteiger partial charge in [0.2, 0.25) is 0 Å². The molecule has 1 N–H and O–H groups in total. The Morgan fingerprint density at radius 1 is 1.23 bits per heavy atom. The van der Waals surface area contributed by atoms with Crippen molar-refractivity contribution in [2.24, 2.45) is 0 Å². The van der Waals surface area contributed by atoms with Crippen molar-refractivity contribution < 1.29 is 23.8 Å². The summed E-state index contributed by atoms with van der Waals surface area (Å²) in [4.78, 5) is 24.1. The van der Waals surface area contributed by atoms with Crippen molar-refractivity contribution in [2.45, 2.75) is 0 Å². The average Bonchev–Trinajstić information content (AvgIpc) is 2.75. The van der Waals surface area contributed by atoms with E-state index in [1.54, 1.807) is 30.3 Å². The summed E-state index contributed by atoms with van der Waals surface area (Å²) >= 11 is 3.32. The molecule has 2 aromatic rings. The van der Waals surface area contributed by atoms with Crippen LogP contribution in [0.4, 0.5) is 0 Å². The lowest BCUT2D eigenvalue weighted by atomic mass is 10.1. The van der Waals surface area contributed by atoms with Crippen LogP contribution in [0.15, 0.2) is 65.2 Å². The van der Waals surface area contributed by atoms with Gasteiger partial charge in [0.25, 0.3) is 5.91 Å². The maximum absolute atomic E-state index is 12.1. The Kier molecular flexibility index (Phi) is 8.66. The number of ether oxygens (including phenoxy) is 3. The zero-order valence-electron chi connectivity index (χ0n) is 16.2. The molecule has 154 valence electrons. The minimum absolute atomic E-state index is 0.0777. The summed E-state index contributed by atoms with van der Waals surface area (Å²) in [7, 11) is 1.42. The molecule has 0 aliphatic carbocycles. The minimum atomic E-state index is -0.613. The predicted molar refractivity (Wildman–Crippen MR) is 115 cm³/mol. The van der Waals surface area contributed by atoms with Crippen LogP contribution in [0.1, 0.15) is 5.56 Å². The number of nitrogens with one attached hydrogen (secondary N) is 1. The Bertz CT molecular complexity index is 1010. The summed E-state index contributed by atoms with van der Waals surface area (Å²) in [5, 5.41) is 11.7. The molecule has 0 aliphatic rings. The van der Waals surface area contributed by atoms with Crippen LogP contribution >= 0.6 is 15.9 Å². The molecule has 0 fully saturated rings. The fraction of sp³-hybridized carbons (Fsp3) is 0.136. The van der Waals surface area contributed by atoms with Gasteiger partial charge < -0.3 is 19.5 Å². The minimum Gasteiger partial charge on any atom is -0.493 e. The second kappa shape index (κ2) is 11.4. The van der Waals surface area contributed by atoms with Crippen LogP contribution in [-0.2, 0) is 9.59 Å². The molecule has 2 aromatic carbocycles. The first kappa shape index (κ1) is 22.7. The number of benzene rings is 2. The first-order chi connectivity index (χ1) is 14.5. The average molecular weight is 471 g/mol. The maximum Gasteiger partial charge on any atom is 0.349 e. The van der Waals surface area contributed by atoms with E-state index in [1.165, 1.54) is 25.3 Å². The normalized spacial score (nSPS) is 10.5. The number of carbonyl (C=O) groups is 2. The molecule has 1 amide bonds. The Balaban J connectivity index is 2.08. The van der Waals surface area contributed by atoms with E-state index in [2.05, 4.69) is 27.8 Å². The van der Waals surface area contributed by atoms with Crippen molar-refractivity contribution in [1.82, 2.24) is 5.32 Å². The first-order valence-electron chi connectivity index (χ1n) is 8.74. The molecule has 0 atom stereocenters. The van der Waals surface area contributed by atoms with Crippen LogP contribution < -0.4 is 19.5 Å². The predicted octanol–water partition coefficient (Wildman–Crippen LogP) is 3.65. The van der Waals surface area contributed by atoms with E-state index in [9.17, 15) is 14.9 Å². The number of hydrogen-bond acceptors (Lipinski definition) is 6. The third-order valence-electron chi connectivity index (χ3n) is 3.65. The van der Waals surface area contributed by atoms with Gasteiger partial charge in [0.15, 0.2) is 18.1 Å². The second-order valence-electron chi connectivity index (χ2n) is 5.80. The van der Waals surface area contributed by atoms with Crippen molar-refractivity contribution >= 4 is 33.9 Å². The topological polar surface area (TPSA) is 97.7 Å². The van der Waals surface area contributed by atoms with E-state index in [1.807, 2.05) is 12.1 Å². The zero-order chi connectivity index (χ0) is 21.9. The van der Waals surface area contributed by atoms with Crippen LogP contribution in [0.3, 0.4) is 0 Å². The van der Waals surface area contributed by atoms with E-state index >= 15 is 0 Å². The number of carbonyl (C=O) groups excluding carboxylic acids is 2. The molecule has 8 heteroatoms. The number of nitrogens with zero attached hydrogens (tertiary/aromatic N) is 1. The Labute approximate surface area is 182 Å². The van der Waals surface area contributed by atoms with Crippen LogP contribution in [0, 0.1) is 11.3 Å². The van der Waals surface area contributed by atoms with Crippen molar-refractivity contribution in [3.63, 3.8) is 0 Å². The van der Waals surface area contributed by atoms with Crippen molar-refractivity contribution in [3.8, 4) is 23.3 Å². The number of rotatable bonds is 9. The van der Waals surface area contributed by atoms with Gasteiger partial charge in [-0.15, -0.1) is 6.58 Å². The number of hydrogen-bond donors (Lipinski definition) is 1. The number of esters is 1. The third kappa shape index (κ3) is 6.79. The monoisotopic (exact) mass is 470 g/mol. The van der Waals surface area contributed by atoms with Crippen LogP contribution in [0.5, 0.6) is 17.2 Å². The highest BCUT2D eigenvalue weighted by Gasteiger charge is 2.13. The summed E-state index contributed by atoms with van der Waals surface area (Å²) in [6.07, 6.45) is 2.92. The molecule has 0 saturated heterocycles. The Morgan fingerprint density at radius 2 is 2.03 bits per heavy atom. The highest BCUT2D eigenvalue weighted by molar-refractivity contribution is 9.10. The molecule has 0 aromatic heterocycles. The summed E-state index contributed by atoms with van der Waals surface area (Å²) in [6, 6.07) is 13.6. The first-order valence-corrected chi connectivity index (χ1v) is 9.54. The Hall–Kier alpha value is -3.57. The smallest absolute Gasteiger partial charge is 0.349 e. The van der Waals surface area contributed by atoms with Crippen LogP contribution in [0.25, 0.3) is 6.08 Å². The lowest BCUT2D eigenvalue weighted by Crippen LogP contribution is -2.24. The van der Waals surface area contributed by atoms with E-state index in [-0.39, 0.29) is 30.2 Å². The fourth-order valence-electron chi connectivity index (χ4n) is 2.28. The number of amides is 1. The van der Waals surface area contributed by atoms with Crippen molar-refractivity contribution in [3.05, 3.63) is 70.7 Å². The molecule has 0 aliphatic heterocycles. The van der Waals surface area contributed by atoms with E-state index in [0.29, 0.717) is 11.3 Å². The Morgan fingerprint density at radius 3 is 2.70 bits per heavy atom. The van der Waals surface area contributed by atoms with Gasteiger partial charge in [-0.3, -0.25) is 4.79 Å². The molecule has 0 heterocycles. The van der Waals surface area contributed by atoms with Gasteiger partial charge in [-0.25, -0.2) is 4.79 Å². The van der Waals surface area contributed by atoms with Gasteiger partial charge >= 0.3 is 5.97 Å². The van der Waals surface area contributed by atoms with Crippen molar-refractivity contribution in [1.29, 1.82) is 5.26 Å². The molecule has 0 bridgehead atoms. The van der Waals surface area contributed by atoms with Gasteiger partial charge in [0, 0.05) is 11.0 Å². The van der Waals surface area contributed by atoms with Gasteiger partial charge in [-0.1, -0.05) is 34.1 Å². The molecule has 0 radical (unpaired) electrons. The molecular weight excluding hydrogens is 452 g/mol. The van der Waals surface area contributed by atoms with E-state index in [4.69, 9.17) is 14.2 Å². The summed E-state index contributed by atoms with van der Waals surface area (Å²) in [5.74, 6) is -0.155. The number of halogens is 1. The highest BCUT2D eigenvalue weighted by Crippen LogP contribution is 2.29. The maximum atomic E-state index is 12.1. The third-order valence-corrected chi connectivity index (χ3v) is 4.14. The molecule has 0 saturated carbocycles. The van der Waals surface area contributed by atoms with E-state index < -0.39 is 11.9 Å². The summed E-state index contributed by atoms with van der Waals surface area (Å²) in [5.41, 5.74) is 0.452. The number of nitriles is 1. The van der Waals surface area contributed by atoms with Crippen LogP contribution in [0.2, 0.25) is 0 Å². The largest absolute Gasteiger partial charge is 0.493 e. The molecule has 30 heavy (non-hydrogen) atoms. The zero-order valence-corrected chi connectivity index (χ0v) is 17.8. The summed E-state index contributed by atoms with van der Waals surface area (Å²) in [6.45, 7) is 3.47. The van der Waals surface area contributed by atoms with Crippen LogP contribution in [-0.4, -0.2) is 32.1 Å². The fourth-order valence-corrected chi connectivity index (χ4v) is 2.66. The SMILES string of the molecule is C=CCNC(=O)/C(C#N)=C/c1ccc(OC(=O)COc2cccc(Br)c2)c(OC)c1. The van der Waals surface area contributed by atoms with E-state index in [0.717, 1.165) is 4.47 Å². The molecule has 0 spiro atoms. The quantitative estimate of drug-likeness (QED) is 0.197. The number of methoxy groups -OCH3 is 1. The van der Waals surface area contributed by atoms with Gasteiger partial charge in [-0.05, 0) is 42.0 Å². The van der Waals surface area contributed by atoms with Gasteiger partial charge in [0.05, 0.1) is 7.11 Å². The molecule has 0 unspecified atom stereocenters. The second-order valence-corrected chi connectivity index (χ2v) is 6.71. The molecular formula is C22H19BrN2O5. The lowest BCUT2D eigenvalue weighted by molar-refractivity contribution is -0.136. The highest BCUT2D eigenvalue weighted by atomic mass is 79.9. The lowest BCUT2D eigenvalue weighted by Gasteiger charge is -2.11. The molecule has 7 nitrogen and oxygen atoms in total. The summed E-state index contributed by atoms with van der Waals surface area (Å²) < 4.78 is 16.8. The van der Waals surface area contributed by atoms with Gasteiger partial charge in [-0.2, -0.15) is 5.26 Å². The standard InChI is InChI=1S/C22H19BrN2O5/c1-3-9-25-22(27)16(13-24)10-15-7-8-19(20(11-15)28-2)30-21(26)14-29-18-6-4-5-17(23)12-18/h3-8,10-12H,1,9,14H2,2H3,(H,25,27)/b16-10+. The molecule has 2 rings (SSSR count).